The fraction of sp³-hybridized carbons (Fsp3) is 0.316. The van der Waals surface area contributed by atoms with E-state index in [2.05, 4.69) is 81.4 Å². The summed E-state index contributed by atoms with van der Waals surface area (Å²) in [6.07, 6.45) is -0.427. The number of nitrogens with zero attached hydrogens (tertiary/aromatic N) is 2. The molecule has 0 fully saturated rings. The average molecular weight is 838 g/mol. The van der Waals surface area contributed by atoms with Crippen molar-refractivity contribution in [3.05, 3.63) is 128 Å². The van der Waals surface area contributed by atoms with Crippen molar-refractivity contribution in [1.29, 1.82) is 0 Å². The van der Waals surface area contributed by atoms with Crippen LogP contribution in [0.5, 0.6) is 11.5 Å². The number of carbonyl (C=O) groups excluding carboxylic acids is 2. The van der Waals surface area contributed by atoms with Gasteiger partial charge in [0.25, 0.3) is 0 Å². The number of carbonyl (C=O) groups is 2. The zero-order valence-corrected chi connectivity index (χ0v) is 32.6. The first-order valence-electron chi connectivity index (χ1n) is 16.1. The molecule has 0 spiro atoms. The van der Waals surface area contributed by atoms with E-state index in [0.717, 1.165) is 45.3 Å². The molecule has 0 saturated heterocycles. The van der Waals surface area contributed by atoms with E-state index >= 15 is 0 Å². The van der Waals surface area contributed by atoms with E-state index in [1.54, 1.807) is 65.6 Å². The topological polar surface area (TPSA) is 71.1 Å². The lowest BCUT2D eigenvalue weighted by molar-refractivity contribution is 0.152. The highest BCUT2D eigenvalue weighted by Gasteiger charge is 2.25. The third-order valence-electron chi connectivity index (χ3n) is 7.67. The number of hydrogen-bond acceptors (Lipinski definition) is 6. The Morgan fingerprint density at radius 1 is 0.740 bits per heavy atom. The summed E-state index contributed by atoms with van der Waals surface area (Å²) >= 11 is 11.5. The quantitative estimate of drug-likeness (QED) is 0.202. The first-order chi connectivity index (χ1) is 23.7. The highest BCUT2D eigenvalue weighted by atomic mass is 79.9. The minimum Gasteiger partial charge on any atom is -0.415 e. The van der Waals surface area contributed by atoms with Crippen LogP contribution in [0.15, 0.2) is 93.9 Å². The predicted molar refractivity (Wildman–Crippen MR) is 201 cm³/mol. The zero-order valence-electron chi connectivity index (χ0n) is 28.7. The van der Waals surface area contributed by atoms with Gasteiger partial charge < -0.3 is 14.8 Å². The number of amides is 1. The number of nitrogens with one attached hydrogen (secondary N) is 1. The molecule has 2 aliphatic heterocycles. The molecule has 0 aromatic heterocycles. The van der Waals surface area contributed by atoms with E-state index in [0.29, 0.717) is 36.7 Å². The molecule has 4 aromatic carbocycles. The van der Waals surface area contributed by atoms with Gasteiger partial charge in [-0.3, -0.25) is 9.80 Å². The van der Waals surface area contributed by atoms with Crippen molar-refractivity contribution < 1.29 is 27.8 Å². The van der Waals surface area contributed by atoms with Gasteiger partial charge in [-0.1, -0.05) is 50.9 Å². The van der Waals surface area contributed by atoms with Gasteiger partial charge in [0.1, 0.15) is 23.1 Å². The smallest absolute Gasteiger partial charge is 0.415 e. The minimum atomic E-state index is -0.827. The van der Waals surface area contributed by atoms with E-state index in [1.165, 1.54) is 23.8 Å². The fourth-order valence-corrected chi connectivity index (χ4v) is 5.96. The Bertz CT molecular complexity index is 1680. The highest BCUT2D eigenvalue weighted by Crippen LogP contribution is 2.25. The van der Waals surface area contributed by atoms with Crippen molar-refractivity contribution in [3.63, 3.8) is 0 Å². The molecule has 2 heterocycles. The predicted octanol–water partition coefficient (Wildman–Crippen LogP) is 10.8. The highest BCUT2D eigenvalue weighted by molar-refractivity contribution is 9.10. The van der Waals surface area contributed by atoms with Gasteiger partial charge in [-0.25, -0.2) is 18.4 Å². The second kappa shape index (κ2) is 20.5. The number of halogens is 5. The first-order valence-corrected chi connectivity index (χ1v) is 18.1. The number of ether oxygens (including phenoxy) is 2. The van der Waals surface area contributed by atoms with Gasteiger partial charge in [0.05, 0.1) is 0 Å². The Kier molecular flexibility index (Phi) is 16.8. The Hall–Kier alpha value is -3.35. The van der Waals surface area contributed by atoms with Crippen LogP contribution in [-0.2, 0) is 26.2 Å². The average Bonchev–Trinajstić information content (AvgIpc) is 3.71. The summed E-state index contributed by atoms with van der Waals surface area (Å²) in [5.41, 5.74) is 3.28. The summed E-state index contributed by atoms with van der Waals surface area (Å²) in [7, 11) is 0. The van der Waals surface area contributed by atoms with Crippen LogP contribution in [0.3, 0.4) is 0 Å². The summed E-state index contributed by atoms with van der Waals surface area (Å²) in [4.78, 5) is 26.3. The molecule has 7 nitrogen and oxygen atoms in total. The molecule has 6 rings (SSSR count). The second-order valence-electron chi connectivity index (χ2n) is 11.9. The van der Waals surface area contributed by atoms with E-state index < -0.39 is 11.5 Å². The Labute approximate surface area is 315 Å². The SMILES string of the molecule is CCN(C(C)C)C(C)C.Fc1ccc2c(c1)CNC2.O=C(Cl)Oc1ccc(Br)cc1.O=C(Oc1ccc(Br)cc1)N1Cc2ccc(F)cc2C1. The van der Waals surface area contributed by atoms with Gasteiger partial charge in [0.15, 0.2) is 0 Å². The molecular weight excluding hydrogens is 796 g/mol. The third kappa shape index (κ3) is 13.8. The second-order valence-corrected chi connectivity index (χ2v) is 14.1. The van der Waals surface area contributed by atoms with Crippen molar-refractivity contribution >= 4 is 55.0 Å². The molecule has 1 amide bonds. The van der Waals surface area contributed by atoms with Crippen LogP contribution in [0.2, 0.25) is 0 Å². The summed E-state index contributed by atoms with van der Waals surface area (Å²) in [6, 6.07) is 24.7. The Balaban J connectivity index is 0.000000193. The standard InChI is InChI=1S/C15H11BrFNO2.C8H8FN.C8H19N.C7H4BrClO2/c16-12-2-5-14(6-3-12)20-15(19)18-8-10-1-4-13(17)7-11(10)9-18;9-8-2-1-6-4-10-5-7(6)3-8;1-6-9(7(2)3)8(4)5;8-5-1-3-6(4-2-5)11-7(9)10/h1-7H,8-9H2;1-3,10H,4-5H2;7-8H,6H2,1-5H3;1-4H. The number of benzene rings is 4. The number of fused-ring (bicyclic) bond motifs is 2. The maximum atomic E-state index is 13.1. The van der Waals surface area contributed by atoms with Crippen molar-refractivity contribution in [2.75, 3.05) is 6.54 Å². The minimum absolute atomic E-state index is 0.137. The molecule has 4 aromatic rings. The third-order valence-corrected chi connectivity index (χ3v) is 8.80. The molecular formula is C38H42Br2ClF2N3O4. The van der Waals surface area contributed by atoms with Gasteiger partial charge in [-0.05, 0) is 129 Å². The summed E-state index contributed by atoms with van der Waals surface area (Å²) in [5, 5.41) is 3.15. The van der Waals surface area contributed by atoms with Crippen LogP contribution in [0, 0.1) is 11.6 Å². The van der Waals surface area contributed by atoms with Crippen LogP contribution in [0.25, 0.3) is 0 Å². The van der Waals surface area contributed by atoms with Crippen molar-refractivity contribution in [1.82, 2.24) is 15.1 Å². The lowest BCUT2D eigenvalue weighted by Crippen LogP contribution is -2.36. The lowest BCUT2D eigenvalue weighted by atomic mass is 10.1. The maximum Gasteiger partial charge on any atom is 0.415 e. The van der Waals surface area contributed by atoms with Crippen molar-refractivity contribution in [3.8, 4) is 11.5 Å². The Morgan fingerprint density at radius 3 is 1.68 bits per heavy atom. The zero-order chi connectivity index (χ0) is 36.8. The molecule has 0 atom stereocenters. The molecule has 0 aliphatic carbocycles. The van der Waals surface area contributed by atoms with E-state index in [1.807, 2.05) is 6.07 Å². The molecule has 0 unspecified atom stereocenters. The molecule has 1 N–H and O–H groups in total. The van der Waals surface area contributed by atoms with Crippen LogP contribution >= 0.6 is 43.5 Å². The normalized spacial score (nSPS) is 12.5. The fourth-order valence-electron chi connectivity index (χ4n) is 5.35. The maximum absolute atomic E-state index is 13.1. The monoisotopic (exact) mass is 835 g/mol. The van der Waals surface area contributed by atoms with Gasteiger partial charge in [0, 0.05) is 58.8 Å². The van der Waals surface area contributed by atoms with Crippen LogP contribution in [-0.4, -0.2) is 39.9 Å². The van der Waals surface area contributed by atoms with Gasteiger partial charge >= 0.3 is 11.5 Å². The van der Waals surface area contributed by atoms with E-state index in [-0.39, 0.29) is 11.6 Å². The molecule has 2 aliphatic rings. The van der Waals surface area contributed by atoms with E-state index in [4.69, 9.17) is 16.3 Å². The van der Waals surface area contributed by atoms with E-state index in [9.17, 15) is 18.4 Å². The molecule has 50 heavy (non-hydrogen) atoms. The summed E-state index contributed by atoms with van der Waals surface area (Å²) in [5.74, 6) is 0.503. The molecule has 0 radical (unpaired) electrons. The number of rotatable bonds is 5. The Morgan fingerprint density at radius 2 is 1.20 bits per heavy atom. The van der Waals surface area contributed by atoms with Crippen LogP contribution in [0.4, 0.5) is 18.4 Å². The molecule has 0 saturated carbocycles. The van der Waals surface area contributed by atoms with Gasteiger partial charge in [-0.2, -0.15) is 0 Å². The van der Waals surface area contributed by atoms with Gasteiger partial charge in [0.2, 0.25) is 0 Å². The van der Waals surface area contributed by atoms with Crippen LogP contribution < -0.4 is 14.8 Å². The molecule has 12 heteroatoms. The number of hydrogen-bond donors (Lipinski definition) is 1. The van der Waals surface area contributed by atoms with Crippen molar-refractivity contribution in [2.45, 2.75) is 72.9 Å². The molecule has 0 bridgehead atoms. The van der Waals surface area contributed by atoms with Gasteiger partial charge in [-0.15, -0.1) is 0 Å². The van der Waals surface area contributed by atoms with Crippen molar-refractivity contribution in [2.24, 2.45) is 0 Å². The first kappa shape index (κ1) is 41.1. The lowest BCUT2D eigenvalue weighted by Gasteiger charge is -2.28. The summed E-state index contributed by atoms with van der Waals surface area (Å²) < 4.78 is 37.4. The summed E-state index contributed by atoms with van der Waals surface area (Å²) in [6.45, 7) is 14.9. The molecule has 268 valence electrons. The largest absolute Gasteiger partial charge is 0.415 e. The van der Waals surface area contributed by atoms with Crippen LogP contribution in [0.1, 0.15) is 56.9 Å².